The quantitative estimate of drug-likeness (QED) is 0.860. The minimum Gasteiger partial charge on any atom is -0.336 e. The van der Waals surface area contributed by atoms with E-state index in [0.29, 0.717) is 24.7 Å². The number of carbonyl (C=O) groups is 1. The SMILES string of the molecule is O=C(c1n[nH]c2c1CCCC2)N1C[C@H]2C[C@@H](C1)c1cccc(=O)n1C2. The molecule has 2 aliphatic heterocycles. The van der Waals surface area contributed by atoms with Crippen molar-refractivity contribution in [2.45, 2.75) is 44.6 Å². The molecule has 1 amide bonds. The zero-order chi connectivity index (χ0) is 17.0. The van der Waals surface area contributed by atoms with Crippen LogP contribution in [0.2, 0.25) is 0 Å². The number of carbonyl (C=O) groups excluding carboxylic acids is 1. The average molecular weight is 338 g/mol. The van der Waals surface area contributed by atoms with Crippen LogP contribution in [0.3, 0.4) is 0 Å². The normalized spacial score (nSPS) is 24.6. The van der Waals surface area contributed by atoms with Crippen molar-refractivity contribution in [2.24, 2.45) is 5.92 Å². The Morgan fingerprint density at radius 1 is 1.16 bits per heavy atom. The summed E-state index contributed by atoms with van der Waals surface area (Å²) in [5.74, 6) is 0.658. The molecule has 2 bridgehead atoms. The molecular formula is C19H22N4O2. The van der Waals surface area contributed by atoms with Gasteiger partial charge in [-0.3, -0.25) is 14.7 Å². The third-order valence-corrected chi connectivity index (χ3v) is 6.03. The van der Waals surface area contributed by atoms with Gasteiger partial charge in [0.2, 0.25) is 0 Å². The number of hydrogen-bond acceptors (Lipinski definition) is 3. The highest BCUT2D eigenvalue weighted by atomic mass is 16.2. The van der Waals surface area contributed by atoms with Crippen LogP contribution in [0.5, 0.6) is 0 Å². The Morgan fingerprint density at radius 2 is 2.04 bits per heavy atom. The van der Waals surface area contributed by atoms with Crippen LogP contribution in [0.1, 0.15) is 52.6 Å². The van der Waals surface area contributed by atoms with Gasteiger partial charge in [-0.15, -0.1) is 0 Å². The molecule has 1 aliphatic carbocycles. The topological polar surface area (TPSA) is 71.0 Å². The molecule has 1 N–H and O–H groups in total. The molecule has 0 unspecified atom stereocenters. The lowest BCUT2D eigenvalue weighted by atomic mass is 9.83. The van der Waals surface area contributed by atoms with Gasteiger partial charge in [0.15, 0.2) is 5.69 Å². The fraction of sp³-hybridized carbons (Fsp3) is 0.526. The Balaban J connectivity index is 1.45. The molecule has 6 heteroatoms. The van der Waals surface area contributed by atoms with Crippen molar-refractivity contribution >= 4 is 5.91 Å². The number of aromatic amines is 1. The zero-order valence-electron chi connectivity index (χ0n) is 14.2. The largest absolute Gasteiger partial charge is 0.336 e. The molecule has 2 atom stereocenters. The van der Waals surface area contributed by atoms with Gasteiger partial charge in [-0.25, -0.2) is 0 Å². The summed E-state index contributed by atoms with van der Waals surface area (Å²) < 4.78 is 1.90. The fourth-order valence-corrected chi connectivity index (χ4v) is 4.87. The van der Waals surface area contributed by atoms with Gasteiger partial charge in [0.25, 0.3) is 11.5 Å². The first-order chi connectivity index (χ1) is 12.2. The number of likely N-dealkylation sites (tertiary alicyclic amines) is 1. The summed E-state index contributed by atoms with van der Waals surface area (Å²) in [7, 11) is 0. The first kappa shape index (κ1) is 14.9. The van der Waals surface area contributed by atoms with E-state index in [1.54, 1.807) is 6.07 Å². The molecule has 130 valence electrons. The van der Waals surface area contributed by atoms with Crippen molar-refractivity contribution < 1.29 is 4.79 Å². The van der Waals surface area contributed by atoms with E-state index < -0.39 is 0 Å². The molecule has 0 spiro atoms. The Kier molecular flexibility index (Phi) is 3.33. The van der Waals surface area contributed by atoms with E-state index in [9.17, 15) is 9.59 Å². The number of fused-ring (bicyclic) bond motifs is 5. The number of piperidine rings is 1. The average Bonchev–Trinajstić information content (AvgIpc) is 3.06. The van der Waals surface area contributed by atoms with Crippen LogP contribution in [0.25, 0.3) is 0 Å². The van der Waals surface area contributed by atoms with E-state index in [2.05, 4.69) is 10.2 Å². The van der Waals surface area contributed by atoms with E-state index in [-0.39, 0.29) is 17.4 Å². The van der Waals surface area contributed by atoms with Gasteiger partial charge in [0, 0.05) is 48.6 Å². The summed E-state index contributed by atoms with van der Waals surface area (Å²) in [6.07, 6.45) is 5.31. The Bertz CT molecular complexity index is 897. The monoisotopic (exact) mass is 338 g/mol. The summed E-state index contributed by atoms with van der Waals surface area (Å²) in [4.78, 5) is 27.2. The standard InChI is InChI=1S/C19H22N4O2/c24-17-7-3-6-16-13-8-12(10-23(16)17)9-22(11-13)19(25)18-14-4-1-2-5-15(14)20-21-18/h3,6-7,12-13H,1-2,4-5,8-11H2,(H,20,21)/t12-,13+/m1/s1. The second-order valence-electron chi connectivity index (χ2n) is 7.64. The lowest BCUT2D eigenvalue weighted by Gasteiger charge is -2.42. The summed E-state index contributed by atoms with van der Waals surface area (Å²) in [6, 6.07) is 5.50. The zero-order valence-corrected chi connectivity index (χ0v) is 14.2. The molecular weight excluding hydrogens is 316 g/mol. The number of amides is 1. The Labute approximate surface area is 145 Å². The number of nitrogens with zero attached hydrogens (tertiary/aromatic N) is 3. The number of aromatic nitrogens is 3. The molecule has 25 heavy (non-hydrogen) atoms. The Morgan fingerprint density at radius 3 is 2.96 bits per heavy atom. The lowest BCUT2D eigenvalue weighted by molar-refractivity contribution is 0.0587. The molecule has 6 nitrogen and oxygen atoms in total. The predicted octanol–water partition coefficient (Wildman–Crippen LogP) is 1.71. The van der Waals surface area contributed by atoms with Gasteiger partial charge >= 0.3 is 0 Å². The first-order valence-corrected chi connectivity index (χ1v) is 9.26. The predicted molar refractivity (Wildman–Crippen MR) is 92.7 cm³/mol. The summed E-state index contributed by atoms with van der Waals surface area (Å²) in [5, 5.41) is 7.43. The number of pyridine rings is 1. The highest BCUT2D eigenvalue weighted by Gasteiger charge is 2.37. The number of hydrogen-bond donors (Lipinski definition) is 1. The van der Waals surface area contributed by atoms with E-state index in [0.717, 1.165) is 49.2 Å². The first-order valence-electron chi connectivity index (χ1n) is 9.26. The van der Waals surface area contributed by atoms with Gasteiger partial charge in [-0.1, -0.05) is 6.07 Å². The third-order valence-electron chi connectivity index (χ3n) is 6.03. The lowest BCUT2D eigenvalue weighted by Crippen LogP contribution is -2.49. The summed E-state index contributed by atoms with van der Waals surface area (Å²) in [6.45, 7) is 2.12. The fourth-order valence-electron chi connectivity index (χ4n) is 4.87. The molecule has 5 rings (SSSR count). The highest BCUT2D eigenvalue weighted by Crippen LogP contribution is 2.35. The van der Waals surface area contributed by atoms with Crippen molar-refractivity contribution in [1.82, 2.24) is 19.7 Å². The minimum atomic E-state index is 0.0563. The number of aryl methyl sites for hydroxylation is 1. The second kappa shape index (κ2) is 5.58. The number of nitrogens with one attached hydrogen (secondary N) is 1. The molecule has 2 aromatic heterocycles. The maximum absolute atomic E-state index is 13.1. The van der Waals surface area contributed by atoms with Crippen LogP contribution in [-0.2, 0) is 19.4 Å². The maximum atomic E-state index is 13.1. The third kappa shape index (κ3) is 2.34. The smallest absolute Gasteiger partial charge is 0.274 e. The van der Waals surface area contributed by atoms with Gasteiger partial charge in [-0.2, -0.15) is 5.10 Å². The molecule has 1 fully saturated rings. The number of rotatable bonds is 1. The van der Waals surface area contributed by atoms with Crippen molar-refractivity contribution in [3.63, 3.8) is 0 Å². The van der Waals surface area contributed by atoms with Crippen LogP contribution in [0.15, 0.2) is 23.0 Å². The highest BCUT2D eigenvalue weighted by molar-refractivity contribution is 5.94. The molecule has 4 heterocycles. The van der Waals surface area contributed by atoms with Crippen LogP contribution in [0, 0.1) is 5.92 Å². The van der Waals surface area contributed by atoms with Crippen LogP contribution >= 0.6 is 0 Å². The molecule has 0 aromatic carbocycles. The number of H-pyrrole nitrogens is 1. The van der Waals surface area contributed by atoms with E-state index in [1.807, 2.05) is 21.6 Å². The summed E-state index contributed by atoms with van der Waals surface area (Å²) >= 11 is 0. The van der Waals surface area contributed by atoms with Gasteiger partial charge < -0.3 is 9.47 Å². The van der Waals surface area contributed by atoms with Crippen LogP contribution in [-0.4, -0.2) is 38.7 Å². The van der Waals surface area contributed by atoms with Crippen LogP contribution < -0.4 is 5.56 Å². The molecule has 0 radical (unpaired) electrons. The molecule has 0 saturated carbocycles. The van der Waals surface area contributed by atoms with Crippen molar-refractivity contribution in [2.75, 3.05) is 13.1 Å². The molecule has 1 saturated heterocycles. The van der Waals surface area contributed by atoms with Crippen LogP contribution in [0.4, 0.5) is 0 Å². The Hall–Kier alpha value is -2.37. The van der Waals surface area contributed by atoms with Gasteiger partial charge in [-0.05, 0) is 44.1 Å². The summed E-state index contributed by atoms with van der Waals surface area (Å²) in [5.41, 5.74) is 4.05. The van der Waals surface area contributed by atoms with Gasteiger partial charge in [0.1, 0.15) is 0 Å². The van der Waals surface area contributed by atoms with E-state index in [1.165, 1.54) is 6.42 Å². The molecule has 2 aromatic rings. The minimum absolute atomic E-state index is 0.0563. The van der Waals surface area contributed by atoms with Crippen molar-refractivity contribution in [3.05, 3.63) is 51.2 Å². The second-order valence-corrected chi connectivity index (χ2v) is 7.64. The maximum Gasteiger partial charge on any atom is 0.274 e. The van der Waals surface area contributed by atoms with Crippen molar-refractivity contribution in [1.29, 1.82) is 0 Å². The van der Waals surface area contributed by atoms with Crippen molar-refractivity contribution in [3.8, 4) is 0 Å². The van der Waals surface area contributed by atoms with E-state index >= 15 is 0 Å². The molecule has 3 aliphatic rings. The van der Waals surface area contributed by atoms with E-state index in [4.69, 9.17) is 0 Å². The van der Waals surface area contributed by atoms with Gasteiger partial charge in [0.05, 0.1) is 0 Å².